The molecule has 5 rings (SSSR count). The Morgan fingerprint density at radius 1 is 1.29 bits per heavy atom. The fourth-order valence-electron chi connectivity index (χ4n) is 5.31. The summed E-state index contributed by atoms with van der Waals surface area (Å²) in [7, 11) is 1.68. The van der Waals surface area contributed by atoms with Gasteiger partial charge in [0.05, 0.1) is 16.6 Å². The van der Waals surface area contributed by atoms with Gasteiger partial charge in [-0.15, -0.1) is 0 Å². The highest BCUT2D eigenvalue weighted by atomic mass is 127. The van der Waals surface area contributed by atoms with Crippen LogP contribution in [0.4, 0.5) is 5.69 Å². The first-order valence-corrected chi connectivity index (χ1v) is 10.0. The predicted molar refractivity (Wildman–Crippen MR) is 100 cm³/mol. The summed E-state index contributed by atoms with van der Waals surface area (Å²) in [4.78, 5) is 12.8. The number of carbonyl (C=O) groups is 1. The summed E-state index contributed by atoms with van der Waals surface area (Å²) in [5.74, 6) is 2.86. The molecule has 6 heteroatoms. The number of halogens is 1. The first-order valence-electron chi connectivity index (χ1n) is 8.78. The second-order valence-corrected chi connectivity index (χ2v) is 9.02. The lowest BCUT2D eigenvalue weighted by atomic mass is 9.75. The van der Waals surface area contributed by atoms with E-state index in [9.17, 15) is 4.79 Å². The van der Waals surface area contributed by atoms with Gasteiger partial charge in [-0.3, -0.25) is 10.2 Å². The Bertz CT molecular complexity index is 712. The summed E-state index contributed by atoms with van der Waals surface area (Å²) in [5.41, 5.74) is 8.69. The van der Waals surface area contributed by atoms with Gasteiger partial charge in [-0.1, -0.05) is 22.6 Å². The minimum atomic E-state index is -0.295. The highest BCUT2D eigenvalue weighted by Crippen LogP contribution is 2.65. The minimum absolute atomic E-state index is 0.196. The number of amides is 1. The van der Waals surface area contributed by atoms with E-state index in [0.717, 1.165) is 29.3 Å². The Hall–Kier alpha value is -0.860. The molecule has 2 heterocycles. The van der Waals surface area contributed by atoms with Crippen molar-refractivity contribution in [1.29, 1.82) is 0 Å². The number of benzene rings is 1. The number of carbonyl (C=O) groups excluding carboxylic acids is 1. The molecule has 24 heavy (non-hydrogen) atoms. The van der Waals surface area contributed by atoms with E-state index in [1.807, 2.05) is 12.1 Å². The number of rotatable bonds is 2. The monoisotopic (exact) mass is 439 g/mol. The van der Waals surface area contributed by atoms with Crippen LogP contribution in [0.3, 0.4) is 0 Å². The van der Waals surface area contributed by atoms with Crippen LogP contribution < -0.4 is 20.9 Å². The van der Waals surface area contributed by atoms with Gasteiger partial charge in [0.25, 0.3) is 0 Å². The molecule has 0 aromatic heterocycles. The van der Waals surface area contributed by atoms with Crippen molar-refractivity contribution < 1.29 is 9.53 Å². The van der Waals surface area contributed by atoms with Gasteiger partial charge in [0.15, 0.2) is 0 Å². The average Bonchev–Trinajstić information content (AvgIpc) is 3.17. The van der Waals surface area contributed by atoms with Crippen LogP contribution in [0, 0.1) is 17.8 Å². The third-order valence-corrected chi connectivity index (χ3v) is 7.91. The van der Waals surface area contributed by atoms with Crippen molar-refractivity contribution >= 4 is 34.2 Å². The van der Waals surface area contributed by atoms with Crippen LogP contribution in [-0.2, 0) is 10.2 Å². The largest absolute Gasteiger partial charge is 0.497 e. The number of hydrogen-bond donors (Lipinski definition) is 3. The summed E-state index contributed by atoms with van der Waals surface area (Å²) in [6, 6.07) is 6.53. The van der Waals surface area contributed by atoms with E-state index in [1.54, 1.807) is 7.11 Å². The number of fused-ring (bicyclic) bond motifs is 3. The molecule has 128 valence electrons. The quantitative estimate of drug-likeness (QED) is 0.377. The van der Waals surface area contributed by atoms with Gasteiger partial charge in [0.1, 0.15) is 5.75 Å². The molecule has 1 amide bonds. The Balaban J connectivity index is 1.41. The Morgan fingerprint density at radius 2 is 2.17 bits per heavy atom. The molecule has 0 bridgehead atoms. The number of alkyl halides is 1. The standard InChI is InChI=1S/C18H22IN3O2/c1-24-10-3-5-14-12(7-10)18(17(23)20-14)8-13(18)9-2-4-11-15(6-9)21-22-16(11)19/h3,5,7,9,11,13,15-16,21-22H,2,4,6,8H2,1H3,(H,20,23)/t9?,11?,13-,15?,16?,18-/m1/s1. The van der Waals surface area contributed by atoms with Gasteiger partial charge < -0.3 is 10.1 Å². The highest BCUT2D eigenvalue weighted by molar-refractivity contribution is 14.1. The maximum Gasteiger partial charge on any atom is 0.235 e. The number of nitrogens with one attached hydrogen (secondary N) is 3. The van der Waals surface area contributed by atoms with Gasteiger partial charge in [0, 0.05) is 17.6 Å². The van der Waals surface area contributed by atoms with Crippen LogP contribution in [0.25, 0.3) is 0 Å². The van der Waals surface area contributed by atoms with E-state index in [0.29, 0.717) is 21.9 Å². The van der Waals surface area contributed by atoms with E-state index in [4.69, 9.17) is 4.74 Å². The van der Waals surface area contributed by atoms with E-state index >= 15 is 0 Å². The van der Waals surface area contributed by atoms with E-state index in [2.05, 4.69) is 44.8 Å². The smallest absolute Gasteiger partial charge is 0.235 e. The molecule has 4 aliphatic rings. The van der Waals surface area contributed by atoms with Crippen LogP contribution in [0.15, 0.2) is 18.2 Å². The summed E-state index contributed by atoms with van der Waals surface area (Å²) in [6.45, 7) is 0. The fourth-order valence-corrected chi connectivity index (χ4v) is 6.35. The van der Waals surface area contributed by atoms with Gasteiger partial charge in [-0.25, -0.2) is 5.43 Å². The molecule has 4 unspecified atom stereocenters. The summed E-state index contributed by atoms with van der Waals surface area (Å²) in [6.07, 6.45) is 4.66. The van der Waals surface area contributed by atoms with Crippen molar-refractivity contribution in [3.05, 3.63) is 23.8 Å². The van der Waals surface area contributed by atoms with E-state index in [1.165, 1.54) is 19.3 Å². The number of hydrogen-bond acceptors (Lipinski definition) is 4. The third-order valence-electron chi connectivity index (χ3n) is 6.67. The Morgan fingerprint density at radius 3 is 3.00 bits per heavy atom. The summed E-state index contributed by atoms with van der Waals surface area (Å²) >= 11 is 2.50. The first kappa shape index (κ1) is 15.4. The number of hydrazine groups is 1. The maximum absolute atomic E-state index is 12.8. The van der Waals surface area contributed by atoms with E-state index in [-0.39, 0.29) is 11.3 Å². The molecule has 1 spiro atoms. The van der Waals surface area contributed by atoms with Crippen molar-refractivity contribution in [3.8, 4) is 5.75 Å². The SMILES string of the molecule is COc1ccc2c(c1)[C@@]1(C[C@@H]1C1CCC3C(I)NNC3C1)C(=O)N2. The molecule has 2 saturated carbocycles. The highest BCUT2D eigenvalue weighted by Gasteiger charge is 2.67. The molecule has 1 aromatic rings. The zero-order valence-corrected chi connectivity index (χ0v) is 15.8. The summed E-state index contributed by atoms with van der Waals surface area (Å²) < 4.78 is 5.92. The van der Waals surface area contributed by atoms with Crippen LogP contribution >= 0.6 is 22.6 Å². The van der Waals surface area contributed by atoms with Crippen LogP contribution in [0.1, 0.15) is 31.2 Å². The van der Waals surface area contributed by atoms with Gasteiger partial charge in [-0.05, 0) is 61.3 Å². The second-order valence-electron chi connectivity index (χ2n) is 7.68. The van der Waals surface area contributed by atoms with E-state index < -0.39 is 0 Å². The molecule has 3 fully saturated rings. The number of anilines is 1. The van der Waals surface area contributed by atoms with Crippen LogP contribution in [-0.4, -0.2) is 23.1 Å². The lowest BCUT2D eigenvalue weighted by molar-refractivity contribution is -0.118. The molecule has 2 aliphatic carbocycles. The van der Waals surface area contributed by atoms with Gasteiger partial charge in [0.2, 0.25) is 5.91 Å². The number of methoxy groups -OCH3 is 1. The Labute approximate surface area is 155 Å². The van der Waals surface area contributed by atoms with Crippen molar-refractivity contribution in [2.45, 2.75) is 41.2 Å². The van der Waals surface area contributed by atoms with Crippen LogP contribution in [0.5, 0.6) is 5.75 Å². The molecule has 0 radical (unpaired) electrons. The normalized spacial score (nSPS) is 42.6. The molecular weight excluding hydrogens is 417 g/mol. The lowest BCUT2D eigenvalue weighted by Gasteiger charge is -2.32. The molecule has 6 atom stereocenters. The second kappa shape index (κ2) is 5.32. The van der Waals surface area contributed by atoms with Crippen LogP contribution in [0.2, 0.25) is 0 Å². The molecule has 5 nitrogen and oxygen atoms in total. The number of ether oxygens (including phenoxy) is 1. The van der Waals surface area contributed by atoms with Crippen molar-refractivity contribution in [2.75, 3.05) is 12.4 Å². The predicted octanol–water partition coefficient (Wildman–Crippen LogP) is 2.56. The zero-order valence-electron chi connectivity index (χ0n) is 13.6. The maximum atomic E-state index is 12.8. The Kier molecular flexibility index (Phi) is 3.41. The third kappa shape index (κ3) is 2.02. The summed E-state index contributed by atoms with van der Waals surface area (Å²) in [5, 5.41) is 3.10. The van der Waals surface area contributed by atoms with Gasteiger partial charge in [-0.2, -0.15) is 0 Å². The van der Waals surface area contributed by atoms with Crippen molar-refractivity contribution in [2.24, 2.45) is 17.8 Å². The zero-order chi connectivity index (χ0) is 16.5. The molecule has 1 aromatic carbocycles. The van der Waals surface area contributed by atoms with Crippen molar-refractivity contribution in [3.63, 3.8) is 0 Å². The molecule has 1 saturated heterocycles. The lowest BCUT2D eigenvalue weighted by Crippen LogP contribution is -2.37. The first-order chi connectivity index (χ1) is 11.6. The fraction of sp³-hybridized carbons (Fsp3) is 0.611. The topological polar surface area (TPSA) is 62.4 Å². The van der Waals surface area contributed by atoms with Crippen molar-refractivity contribution in [1.82, 2.24) is 10.9 Å². The van der Waals surface area contributed by atoms with Gasteiger partial charge >= 0.3 is 0 Å². The average molecular weight is 439 g/mol. The molecule has 3 N–H and O–H groups in total. The molecular formula is C18H22IN3O2. The molecule has 2 aliphatic heterocycles. The minimum Gasteiger partial charge on any atom is -0.497 e.